The Hall–Kier alpha value is -3.47. The van der Waals surface area contributed by atoms with Crippen molar-refractivity contribution in [1.82, 2.24) is 15.3 Å². The lowest BCUT2D eigenvalue weighted by molar-refractivity contribution is -0.378. The Bertz CT molecular complexity index is 1170. The van der Waals surface area contributed by atoms with E-state index >= 15 is 0 Å². The Morgan fingerprint density at radius 2 is 1.97 bits per heavy atom. The van der Waals surface area contributed by atoms with E-state index in [1.165, 1.54) is 12.4 Å². The maximum absolute atomic E-state index is 12.7. The van der Waals surface area contributed by atoms with Gasteiger partial charge in [-0.05, 0) is 18.1 Å². The molecular weight excluding hydrogens is 437 g/mol. The molecule has 2 amide bonds. The fourth-order valence-electron chi connectivity index (χ4n) is 3.48. The van der Waals surface area contributed by atoms with Gasteiger partial charge in [-0.1, -0.05) is 20.8 Å². The highest BCUT2D eigenvalue weighted by Crippen LogP contribution is 2.33. The Balaban J connectivity index is 2.01. The number of amides is 2. The van der Waals surface area contributed by atoms with Crippen LogP contribution >= 0.6 is 0 Å². The third-order valence-electron chi connectivity index (χ3n) is 5.45. The number of nitrogens with one attached hydrogen (secondary N) is 4. The molecule has 0 aliphatic heterocycles. The summed E-state index contributed by atoms with van der Waals surface area (Å²) in [6.45, 7) is 3.60. The van der Waals surface area contributed by atoms with Gasteiger partial charge in [0.25, 0.3) is 0 Å². The van der Waals surface area contributed by atoms with Crippen LogP contribution < -0.4 is 21.4 Å². The summed E-state index contributed by atoms with van der Waals surface area (Å²) in [6.07, 6.45) is 2.19. The van der Waals surface area contributed by atoms with E-state index in [1.807, 2.05) is 5.32 Å². The Labute approximate surface area is 188 Å². The maximum atomic E-state index is 12.7. The molecule has 3 aromatic heterocycles. The van der Waals surface area contributed by atoms with Gasteiger partial charge in [0.05, 0.1) is 11.9 Å². The molecule has 0 fully saturated rings. The third kappa shape index (κ3) is 5.14. The van der Waals surface area contributed by atoms with Gasteiger partial charge in [-0.2, -0.15) is 13.2 Å². The number of nitrogens with two attached hydrogens (primary N) is 1. The number of H-pyrrole nitrogens is 2. The van der Waals surface area contributed by atoms with Gasteiger partial charge in [0.1, 0.15) is 17.7 Å². The van der Waals surface area contributed by atoms with Crippen molar-refractivity contribution in [3.63, 3.8) is 0 Å². The second-order valence-corrected chi connectivity index (χ2v) is 8.06. The minimum absolute atomic E-state index is 0.154. The van der Waals surface area contributed by atoms with Gasteiger partial charge in [-0.3, -0.25) is 9.59 Å². The first-order valence-electron chi connectivity index (χ1n) is 10.4. The lowest BCUT2D eigenvalue weighted by Gasteiger charge is -2.31. The minimum Gasteiger partial charge on any atom is -0.346 e. The number of anilines is 1. The monoisotopic (exact) mass is 463 g/mol. The number of nitrogens with zero attached hydrogens (tertiary/aromatic N) is 1. The molecule has 0 aliphatic rings. The van der Waals surface area contributed by atoms with Crippen LogP contribution in [0.5, 0.6) is 0 Å². The third-order valence-corrected chi connectivity index (χ3v) is 5.45. The molecular formula is C22H26F3N6O2+. The standard InChI is InChI=1S/C22H25F3N6O2/c1-4-18(32)31-15-6-16-17(10-29-19(16)28-9-15)13-5-14(8-27-7-13)22(26,12(2)3)20(33)30-11-21(23,24)25/h5-10,12H,4,11,26H2,1-3H3,(H,28,29)(H,30,33)(H,31,32)/p+1/t22-/m1/s1. The van der Waals surface area contributed by atoms with E-state index in [4.69, 9.17) is 5.73 Å². The molecule has 3 heterocycles. The van der Waals surface area contributed by atoms with Crippen LogP contribution in [0.3, 0.4) is 0 Å². The van der Waals surface area contributed by atoms with Crippen LogP contribution in [0.15, 0.2) is 36.9 Å². The smallest absolute Gasteiger partial charge is 0.346 e. The number of pyridine rings is 2. The van der Waals surface area contributed by atoms with E-state index in [-0.39, 0.29) is 5.91 Å². The number of aromatic nitrogens is 3. The van der Waals surface area contributed by atoms with Gasteiger partial charge in [0.15, 0.2) is 12.4 Å². The van der Waals surface area contributed by atoms with Gasteiger partial charge in [-0.15, -0.1) is 0 Å². The first-order chi connectivity index (χ1) is 15.5. The van der Waals surface area contributed by atoms with Crippen molar-refractivity contribution >= 4 is 28.5 Å². The van der Waals surface area contributed by atoms with Crippen LogP contribution in [-0.4, -0.2) is 34.5 Å². The topological polar surface area (TPSA) is 127 Å². The van der Waals surface area contributed by atoms with Gasteiger partial charge >= 0.3 is 6.18 Å². The molecule has 0 saturated heterocycles. The van der Waals surface area contributed by atoms with Crippen LogP contribution in [-0.2, 0) is 15.1 Å². The second kappa shape index (κ2) is 9.18. The molecule has 0 spiro atoms. The average molecular weight is 463 g/mol. The zero-order valence-corrected chi connectivity index (χ0v) is 18.4. The quantitative estimate of drug-likeness (QED) is 0.430. The van der Waals surface area contributed by atoms with Gasteiger partial charge < -0.3 is 21.4 Å². The summed E-state index contributed by atoms with van der Waals surface area (Å²) >= 11 is 0. The van der Waals surface area contributed by atoms with E-state index in [2.05, 4.69) is 20.3 Å². The highest BCUT2D eigenvalue weighted by Gasteiger charge is 2.42. The summed E-state index contributed by atoms with van der Waals surface area (Å²) in [4.78, 5) is 34.8. The van der Waals surface area contributed by atoms with E-state index in [0.29, 0.717) is 39.8 Å². The number of hydrogen-bond acceptors (Lipinski definition) is 4. The number of alkyl halides is 3. The Morgan fingerprint density at radius 3 is 2.61 bits per heavy atom. The zero-order valence-electron chi connectivity index (χ0n) is 18.4. The summed E-state index contributed by atoms with van der Waals surface area (Å²) in [7, 11) is 0. The average Bonchev–Trinajstić information content (AvgIpc) is 3.19. The SMILES string of the molecule is CCC(=O)Nc1cnc2[nH]cc(-c3c[nH+]cc([C@@](N)(C(=O)NCC(F)(F)F)C(C)C)c3)c2c1. The van der Waals surface area contributed by atoms with E-state index in [0.717, 1.165) is 0 Å². The molecule has 1 atom stereocenters. The van der Waals surface area contributed by atoms with Gasteiger partial charge in [-0.25, -0.2) is 9.97 Å². The first kappa shape index (κ1) is 24.2. The Kier molecular flexibility index (Phi) is 6.73. The van der Waals surface area contributed by atoms with Crippen LogP contribution in [0.4, 0.5) is 18.9 Å². The number of rotatable bonds is 7. The highest BCUT2D eigenvalue weighted by atomic mass is 19.4. The van der Waals surface area contributed by atoms with E-state index < -0.39 is 30.1 Å². The molecule has 0 saturated carbocycles. The van der Waals surface area contributed by atoms with Crippen molar-refractivity contribution < 1.29 is 27.7 Å². The van der Waals surface area contributed by atoms with Crippen LogP contribution in [0.25, 0.3) is 22.2 Å². The molecule has 0 aliphatic carbocycles. The summed E-state index contributed by atoms with van der Waals surface area (Å²) in [5.41, 5.74) is 7.47. The summed E-state index contributed by atoms with van der Waals surface area (Å²) in [5, 5.41) is 5.37. The van der Waals surface area contributed by atoms with Crippen molar-refractivity contribution in [2.45, 2.75) is 38.9 Å². The molecule has 33 heavy (non-hydrogen) atoms. The predicted octanol–water partition coefficient (Wildman–Crippen LogP) is 2.88. The van der Waals surface area contributed by atoms with Gasteiger partial charge in [0, 0.05) is 34.7 Å². The zero-order chi connectivity index (χ0) is 24.4. The molecule has 11 heteroatoms. The fraction of sp³-hybridized carbons (Fsp3) is 0.364. The minimum atomic E-state index is -4.55. The fourth-order valence-corrected chi connectivity index (χ4v) is 3.48. The predicted molar refractivity (Wildman–Crippen MR) is 117 cm³/mol. The number of halogens is 3. The lowest BCUT2D eigenvalue weighted by atomic mass is 9.80. The molecule has 6 N–H and O–H groups in total. The van der Waals surface area contributed by atoms with Gasteiger partial charge in [0.2, 0.25) is 11.8 Å². The summed E-state index contributed by atoms with van der Waals surface area (Å²) in [6, 6.07) is 3.42. The highest BCUT2D eigenvalue weighted by molar-refractivity contribution is 5.98. The lowest BCUT2D eigenvalue weighted by Crippen LogP contribution is -2.56. The van der Waals surface area contributed by atoms with E-state index in [1.54, 1.807) is 45.3 Å². The van der Waals surface area contributed by atoms with Crippen LogP contribution in [0.1, 0.15) is 32.8 Å². The number of fused-ring (bicyclic) bond motifs is 1. The summed E-state index contributed by atoms with van der Waals surface area (Å²) < 4.78 is 37.9. The molecule has 0 radical (unpaired) electrons. The molecule has 3 aromatic rings. The number of carbonyl (C=O) groups excluding carboxylic acids is 2. The maximum Gasteiger partial charge on any atom is 0.405 e. The number of aromatic amines is 2. The molecule has 0 unspecified atom stereocenters. The van der Waals surface area contributed by atoms with Crippen molar-refractivity contribution in [3.05, 3.63) is 42.5 Å². The molecule has 3 rings (SSSR count). The van der Waals surface area contributed by atoms with E-state index in [9.17, 15) is 22.8 Å². The molecule has 0 bridgehead atoms. The second-order valence-electron chi connectivity index (χ2n) is 8.06. The summed E-state index contributed by atoms with van der Waals surface area (Å²) in [5.74, 6) is -1.58. The van der Waals surface area contributed by atoms with Crippen molar-refractivity contribution in [3.8, 4) is 11.1 Å². The normalized spacial score (nSPS) is 13.7. The van der Waals surface area contributed by atoms with Crippen molar-refractivity contribution in [1.29, 1.82) is 0 Å². The first-order valence-corrected chi connectivity index (χ1v) is 10.4. The molecule has 8 nitrogen and oxygen atoms in total. The number of carbonyl (C=O) groups is 2. The van der Waals surface area contributed by atoms with Crippen LogP contribution in [0.2, 0.25) is 0 Å². The van der Waals surface area contributed by atoms with Crippen molar-refractivity contribution in [2.24, 2.45) is 11.7 Å². The Morgan fingerprint density at radius 1 is 1.24 bits per heavy atom. The van der Waals surface area contributed by atoms with Crippen molar-refractivity contribution in [2.75, 3.05) is 11.9 Å². The largest absolute Gasteiger partial charge is 0.405 e. The number of hydrogen-bond donors (Lipinski definition) is 4. The molecule has 176 valence electrons. The molecule has 0 aromatic carbocycles. The van der Waals surface area contributed by atoms with Crippen LogP contribution in [0, 0.1) is 5.92 Å².